The monoisotopic (exact) mass is 413 g/mol. The molecule has 0 bridgehead atoms. The van der Waals surface area contributed by atoms with Crippen molar-refractivity contribution in [3.05, 3.63) is 59.2 Å². The maximum absolute atomic E-state index is 12.1. The summed E-state index contributed by atoms with van der Waals surface area (Å²) in [5, 5.41) is 2.61. The number of amides is 1. The Labute approximate surface area is 174 Å². The van der Waals surface area contributed by atoms with Crippen LogP contribution < -0.4 is 14.8 Å². The van der Waals surface area contributed by atoms with Crippen molar-refractivity contribution >= 4 is 29.6 Å². The average Bonchev–Trinajstić information content (AvgIpc) is 2.76. The first kappa shape index (κ1) is 22.5. The molecule has 1 amide bonds. The first-order valence-electron chi connectivity index (χ1n) is 8.93. The average molecular weight is 413 g/mol. The van der Waals surface area contributed by atoms with E-state index in [0.29, 0.717) is 28.3 Å². The molecule has 0 unspecified atom stereocenters. The van der Waals surface area contributed by atoms with E-state index in [1.165, 1.54) is 39.5 Å². The van der Waals surface area contributed by atoms with Gasteiger partial charge in [-0.25, -0.2) is 9.59 Å². The van der Waals surface area contributed by atoms with Crippen LogP contribution >= 0.6 is 0 Å². The van der Waals surface area contributed by atoms with Crippen LogP contribution in [0.5, 0.6) is 11.5 Å². The Kier molecular flexibility index (Phi) is 7.99. The highest BCUT2D eigenvalue weighted by Gasteiger charge is 2.11. The smallest absolute Gasteiger partial charge is 0.337 e. The van der Waals surface area contributed by atoms with Gasteiger partial charge in [0.05, 0.1) is 26.9 Å². The van der Waals surface area contributed by atoms with Crippen molar-refractivity contribution in [3.8, 4) is 11.5 Å². The Hall–Kier alpha value is -3.81. The summed E-state index contributed by atoms with van der Waals surface area (Å²) >= 11 is 0. The fourth-order valence-electron chi connectivity index (χ4n) is 2.49. The van der Waals surface area contributed by atoms with Crippen LogP contribution in [0.25, 0.3) is 6.08 Å². The lowest BCUT2D eigenvalue weighted by Gasteiger charge is -2.10. The van der Waals surface area contributed by atoms with Crippen molar-refractivity contribution in [2.45, 2.75) is 6.92 Å². The Balaban J connectivity index is 1.93. The summed E-state index contributed by atoms with van der Waals surface area (Å²) in [7, 11) is 4.32. The molecule has 8 heteroatoms. The van der Waals surface area contributed by atoms with Gasteiger partial charge in [-0.1, -0.05) is 12.1 Å². The van der Waals surface area contributed by atoms with E-state index >= 15 is 0 Å². The van der Waals surface area contributed by atoms with Crippen LogP contribution in [0.4, 0.5) is 5.69 Å². The Morgan fingerprint density at radius 2 is 1.70 bits per heavy atom. The third-order valence-electron chi connectivity index (χ3n) is 4.10. The number of carbonyl (C=O) groups is 3. The molecule has 2 aromatic rings. The molecule has 30 heavy (non-hydrogen) atoms. The van der Waals surface area contributed by atoms with Gasteiger partial charge in [0.2, 0.25) is 0 Å². The highest BCUT2D eigenvalue weighted by atomic mass is 16.5. The number of benzene rings is 2. The van der Waals surface area contributed by atoms with Crippen molar-refractivity contribution < 1.29 is 33.3 Å². The minimum atomic E-state index is -0.681. The van der Waals surface area contributed by atoms with E-state index in [0.717, 1.165) is 5.56 Å². The van der Waals surface area contributed by atoms with E-state index in [9.17, 15) is 14.4 Å². The lowest BCUT2D eigenvalue weighted by Crippen LogP contribution is -2.21. The van der Waals surface area contributed by atoms with E-state index in [1.807, 2.05) is 0 Å². The molecule has 0 atom stereocenters. The van der Waals surface area contributed by atoms with Crippen LogP contribution in [0.1, 0.15) is 21.5 Å². The van der Waals surface area contributed by atoms with Crippen LogP contribution in [0.15, 0.2) is 42.5 Å². The normalized spacial score (nSPS) is 10.4. The van der Waals surface area contributed by atoms with Crippen molar-refractivity contribution in [3.63, 3.8) is 0 Å². The predicted octanol–water partition coefficient (Wildman–Crippen LogP) is 2.99. The number of nitrogens with one attached hydrogen (secondary N) is 1. The van der Waals surface area contributed by atoms with Gasteiger partial charge in [0.15, 0.2) is 18.1 Å². The number of ether oxygens (including phenoxy) is 4. The van der Waals surface area contributed by atoms with Gasteiger partial charge in [0, 0.05) is 11.8 Å². The molecule has 158 valence electrons. The second-order valence-corrected chi connectivity index (χ2v) is 6.12. The van der Waals surface area contributed by atoms with Crippen LogP contribution in [-0.4, -0.2) is 45.8 Å². The summed E-state index contributed by atoms with van der Waals surface area (Å²) in [6.45, 7) is 1.30. The number of hydrogen-bond donors (Lipinski definition) is 1. The summed E-state index contributed by atoms with van der Waals surface area (Å²) in [6.07, 6.45) is 2.74. The molecule has 8 nitrogen and oxygen atoms in total. The summed E-state index contributed by atoms with van der Waals surface area (Å²) in [4.78, 5) is 35.6. The molecule has 0 saturated carbocycles. The molecule has 0 aliphatic carbocycles. The number of carbonyl (C=O) groups excluding carboxylic acids is 3. The van der Waals surface area contributed by atoms with Crippen LogP contribution in [-0.2, 0) is 19.1 Å². The molecule has 0 heterocycles. The van der Waals surface area contributed by atoms with Crippen molar-refractivity contribution in [1.82, 2.24) is 0 Å². The minimum absolute atomic E-state index is 0.299. The van der Waals surface area contributed by atoms with E-state index in [4.69, 9.17) is 14.2 Å². The summed E-state index contributed by atoms with van der Waals surface area (Å²) in [5.74, 6) is -0.636. The highest BCUT2D eigenvalue weighted by molar-refractivity contribution is 5.97. The summed E-state index contributed by atoms with van der Waals surface area (Å²) in [5.41, 5.74) is 2.17. The number of rotatable bonds is 8. The van der Waals surface area contributed by atoms with Gasteiger partial charge in [-0.3, -0.25) is 4.79 Å². The van der Waals surface area contributed by atoms with Crippen LogP contribution in [0, 0.1) is 6.92 Å². The summed E-state index contributed by atoms with van der Waals surface area (Å²) in [6, 6.07) is 9.93. The molecule has 0 fully saturated rings. The molecular formula is C22H23NO7. The standard InChI is InChI=1S/C22H23NO7/c1-14-5-8-16(22(26)29-4)12-17(14)23-20(24)13-30-21(25)10-7-15-6-9-18(27-2)19(11-15)28-3/h5-12H,13H2,1-4H3,(H,23,24)/b10-7+. The summed E-state index contributed by atoms with van der Waals surface area (Å²) < 4.78 is 20.0. The maximum atomic E-state index is 12.1. The van der Waals surface area contributed by atoms with E-state index in [1.54, 1.807) is 37.3 Å². The molecule has 0 radical (unpaired) electrons. The van der Waals surface area contributed by atoms with Gasteiger partial charge in [-0.05, 0) is 48.4 Å². The fourth-order valence-corrected chi connectivity index (χ4v) is 2.49. The number of aryl methyl sites for hydroxylation is 1. The van der Waals surface area contributed by atoms with E-state index in [-0.39, 0.29) is 0 Å². The van der Waals surface area contributed by atoms with Gasteiger partial charge in [0.25, 0.3) is 5.91 Å². The van der Waals surface area contributed by atoms with Crippen LogP contribution in [0.3, 0.4) is 0 Å². The molecule has 0 spiro atoms. The first-order chi connectivity index (χ1) is 14.4. The Morgan fingerprint density at radius 3 is 2.37 bits per heavy atom. The van der Waals surface area contributed by atoms with Gasteiger partial charge in [0.1, 0.15) is 0 Å². The van der Waals surface area contributed by atoms with Crippen LogP contribution in [0.2, 0.25) is 0 Å². The largest absolute Gasteiger partial charge is 0.493 e. The SMILES string of the molecule is COC(=O)c1ccc(C)c(NC(=O)COC(=O)/C=C/c2ccc(OC)c(OC)c2)c1. The molecule has 0 aliphatic rings. The Morgan fingerprint density at radius 1 is 0.967 bits per heavy atom. The molecule has 2 aromatic carbocycles. The topological polar surface area (TPSA) is 100 Å². The number of hydrogen-bond acceptors (Lipinski definition) is 7. The van der Waals surface area contributed by atoms with Crippen molar-refractivity contribution in [2.75, 3.05) is 33.3 Å². The van der Waals surface area contributed by atoms with Gasteiger partial charge in [-0.15, -0.1) is 0 Å². The quantitative estimate of drug-likeness (QED) is 0.524. The zero-order chi connectivity index (χ0) is 22.1. The van der Waals surface area contributed by atoms with Gasteiger partial charge < -0.3 is 24.3 Å². The highest BCUT2D eigenvalue weighted by Crippen LogP contribution is 2.28. The van der Waals surface area contributed by atoms with Crippen molar-refractivity contribution in [2.24, 2.45) is 0 Å². The maximum Gasteiger partial charge on any atom is 0.337 e. The van der Waals surface area contributed by atoms with E-state index in [2.05, 4.69) is 10.1 Å². The lowest BCUT2D eigenvalue weighted by atomic mass is 10.1. The van der Waals surface area contributed by atoms with Gasteiger partial charge in [-0.2, -0.15) is 0 Å². The number of anilines is 1. The van der Waals surface area contributed by atoms with E-state index < -0.39 is 24.5 Å². The second-order valence-electron chi connectivity index (χ2n) is 6.12. The third kappa shape index (κ3) is 6.10. The molecular weight excluding hydrogens is 390 g/mol. The molecule has 0 aromatic heterocycles. The zero-order valence-corrected chi connectivity index (χ0v) is 17.2. The number of esters is 2. The first-order valence-corrected chi connectivity index (χ1v) is 8.93. The minimum Gasteiger partial charge on any atom is -0.493 e. The zero-order valence-electron chi connectivity index (χ0n) is 17.2. The van der Waals surface area contributed by atoms with Crippen molar-refractivity contribution in [1.29, 1.82) is 0 Å². The molecule has 2 rings (SSSR count). The molecule has 0 saturated heterocycles. The molecule has 1 N–H and O–H groups in total. The number of methoxy groups -OCH3 is 3. The second kappa shape index (κ2) is 10.7. The lowest BCUT2D eigenvalue weighted by molar-refractivity contribution is -0.142. The fraction of sp³-hybridized carbons (Fsp3) is 0.227. The predicted molar refractivity (Wildman–Crippen MR) is 111 cm³/mol. The molecule has 0 aliphatic heterocycles. The van der Waals surface area contributed by atoms with Gasteiger partial charge >= 0.3 is 11.9 Å². The third-order valence-corrected chi connectivity index (χ3v) is 4.10. The Bertz CT molecular complexity index is 966.